The smallest absolute Gasteiger partial charge is 0.191 e. The summed E-state index contributed by atoms with van der Waals surface area (Å²) in [6, 6.07) is 13.3. The highest BCUT2D eigenvalue weighted by atomic mass is 16.5. The lowest BCUT2D eigenvalue weighted by Gasteiger charge is -2.12. The van der Waals surface area contributed by atoms with Gasteiger partial charge in [-0.1, -0.05) is 0 Å². The van der Waals surface area contributed by atoms with Crippen LogP contribution in [0.1, 0.15) is 12.5 Å². The number of rotatable bonds is 9. The van der Waals surface area contributed by atoms with Gasteiger partial charge in [0.25, 0.3) is 0 Å². The van der Waals surface area contributed by atoms with E-state index in [9.17, 15) is 0 Å². The molecule has 0 unspecified atom stereocenters. The van der Waals surface area contributed by atoms with Crippen molar-refractivity contribution < 1.29 is 9.47 Å². The highest BCUT2D eigenvalue weighted by Gasteiger charge is 2.02. The molecule has 2 aromatic heterocycles. The molecule has 3 aromatic rings. The van der Waals surface area contributed by atoms with Crippen LogP contribution in [0, 0.1) is 0 Å². The van der Waals surface area contributed by atoms with Gasteiger partial charge in [-0.3, -0.25) is 0 Å². The number of aromatic nitrogens is 3. The van der Waals surface area contributed by atoms with Crippen molar-refractivity contribution in [2.24, 2.45) is 4.99 Å². The highest BCUT2D eigenvalue weighted by Crippen LogP contribution is 2.16. The summed E-state index contributed by atoms with van der Waals surface area (Å²) in [7, 11) is 1.64. The zero-order valence-corrected chi connectivity index (χ0v) is 16.7. The zero-order chi connectivity index (χ0) is 20.3. The molecule has 1 aromatic carbocycles. The van der Waals surface area contributed by atoms with Crippen molar-refractivity contribution in [2.45, 2.75) is 13.5 Å². The van der Waals surface area contributed by atoms with Gasteiger partial charge in [0.1, 0.15) is 18.1 Å². The fourth-order valence-electron chi connectivity index (χ4n) is 2.61. The second-order valence-corrected chi connectivity index (χ2v) is 6.12. The minimum Gasteiger partial charge on any atom is -0.497 e. The number of pyridine rings is 1. The van der Waals surface area contributed by atoms with Gasteiger partial charge in [0.15, 0.2) is 11.8 Å². The van der Waals surface area contributed by atoms with E-state index >= 15 is 0 Å². The average molecular weight is 394 g/mol. The normalized spacial score (nSPS) is 11.2. The van der Waals surface area contributed by atoms with Gasteiger partial charge in [0.05, 0.1) is 20.2 Å². The highest BCUT2D eigenvalue weighted by molar-refractivity contribution is 5.79. The Morgan fingerprint density at radius 1 is 1.10 bits per heavy atom. The van der Waals surface area contributed by atoms with Crippen LogP contribution in [0.15, 0.2) is 66.0 Å². The predicted octanol–water partition coefficient (Wildman–Crippen LogP) is 2.41. The largest absolute Gasteiger partial charge is 0.497 e. The zero-order valence-electron chi connectivity index (χ0n) is 16.7. The van der Waals surface area contributed by atoms with Crippen molar-refractivity contribution in [3.63, 3.8) is 0 Å². The molecule has 0 fully saturated rings. The summed E-state index contributed by atoms with van der Waals surface area (Å²) in [5, 5.41) is 10.7. The Bertz CT molecular complexity index is 894. The molecule has 3 rings (SSSR count). The van der Waals surface area contributed by atoms with Crippen molar-refractivity contribution in [3.05, 3.63) is 66.6 Å². The quantitative estimate of drug-likeness (QED) is 0.329. The molecule has 0 saturated carbocycles. The average Bonchev–Trinajstić information content (AvgIpc) is 3.30. The van der Waals surface area contributed by atoms with Gasteiger partial charge < -0.3 is 20.1 Å². The van der Waals surface area contributed by atoms with E-state index in [2.05, 4.69) is 25.7 Å². The maximum atomic E-state index is 5.74. The Hall–Kier alpha value is -3.55. The molecule has 0 radical (unpaired) electrons. The molecule has 2 N–H and O–H groups in total. The number of hydrogen-bond donors (Lipinski definition) is 2. The Kier molecular flexibility index (Phi) is 7.45. The molecule has 0 atom stereocenters. The van der Waals surface area contributed by atoms with Crippen molar-refractivity contribution >= 4 is 5.96 Å². The molecule has 0 aliphatic rings. The number of nitrogens with one attached hydrogen (secondary N) is 2. The summed E-state index contributed by atoms with van der Waals surface area (Å²) in [4.78, 5) is 8.98. The summed E-state index contributed by atoms with van der Waals surface area (Å²) in [6.45, 7) is 4.50. The van der Waals surface area contributed by atoms with Crippen LogP contribution in [0.5, 0.6) is 11.5 Å². The van der Waals surface area contributed by atoms with Crippen molar-refractivity contribution in [2.75, 3.05) is 26.8 Å². The Morgan fingerprint density at radius 3 is 2.66 bits per heavy atom. The van der Waals surface area contributed by atoms with Gasteiger partial charge in [-0.05, 0) is 55.0 Å². The number of hydrogen-bond acceptors (Lipinski definition) is 5. The van der Waals surface area contributed by atoms with Crippen LogP contribution >= 0.6 is 0 Å². The molecule has 0 aliphatic heterocycles. The molecule has 2 heterocycles. The minimum atomic E-state index is 0.523. The molecule has 0 amide bonds. The summed E-state index contributed by atoms with van der Waals surface area (Å²) in [6.07, 6.45) is 5.36. The van der Waals surface area contributed by atoms with Crippen LogP contribution in [-0.4, -0.2) is 47.5 Å². The van der Waals surface area contributed by atoms with Crippen LogP contribution in [0.25, 0.3) is 5.82 Å². The third-order valence-electron chi connectivity index (χ3n) is 4.04. The first-order chi connectivity index (χ1) is 14.3. The van der Waals surface area contributed by atoms with Crippen LogP contribution in [0.3, 0.4) is 0 Å². The van der Waals surface area contributed by atoms with Crippen LogP contribution in [0.2, 0.25) is 0 Å². The number of nitrogens with zero attached hydrogens (tertiary/aromatic N) is 4. The standard InChI is InChI=1S/C21H26N6O2/c1-3-22-21(24-12-14-29-19-7-5-18(28-2)6-8-19)25-16-17-9-11-23-20(15-17)27-13-4-10-26-27/h4-11,13,15H,3,12,14,16H2,1-2H3,(H2,22,24,25). The molecule has 0 bridgehead atoms. The maximum Gasteiger partial charge on any atom is 0.191 e. The van der Waals surface area contributed by atoms with Crippen molar-refractivity contribution in [3.8, 4) is 17.3 Å². The SMILES string of the molecule is CCNC(=NCc1ccnc(-n2cccn2)c1)NCCOc1ccc(OC)cc1. The van der Waals surface area contributed by atoms with Crippen LogP contribution in [0.4, 0.5) is 0 Å². The molecule has 152 valence electrons. The molecule has 29 heavy (non-hydrogen) atoms. The lowest BCUT2D eigenvalue weighted by molar-refractivity contribution is 0.321. The first-order valence-electron chi connectivity index (χ1n) is 9.52. The second kappa shape index (κ2) is 10.7. The number of benzene rings is 1. The molecule has 0 spiro atoms. The molecule has 8 heteroatoms. The number of aliphatic imine (C=N–C) groups is 1. The summed E-state index contributed by atoms with van der Waals surface area (Å²) in [5.74, 6) is 3.12. The summed E-state index contributed by atoms with van der Waals surface area (Å²) < 4.78 is 12.6. The molecule has 8 nitrogen and oxygen atoms in total. The minimum absolute atomic E-state index is 0.523. The van der Waals surface area contributed by atoms with E-state index in [0.29, 0.717) is 19.7 Å². The number of methoxy groups -OCH3 is 1. The van der Waals surface area contributed by atoms with Gasteiger partial charge in [-0.2, -0.15) is 5.10 Å². The summed E-state index contributed by atoms with van der Waals surface area (Å²) in [5.41, 5.74) is 1.05. The first kappa shape index (κ1) is 20.2. The maximum absolute atomic E-state index is 5.74. The second-order valence-electron chi connectivity index (χ2n) is 6.12. The summed E-state index contributed by atoms with van der Waals surface area (Å²) >= 11 is 0. The third-order valence-corrected chi connectivity index (χ3v) is 4.04. The van der Waals surface area contributed by atoms with Gasteiger partial charge >= 0.3 is 0 Å². The molecular formula is C21H26N6O2. The monoisotopic (exact) mass is 394 g/mol. The van der Waals surface area contributed by atoms with E-state index in [4.69, 9.17) is 9.47 Å². The van der Waals surface area contributed by atoms with Gasteiger partial charge in [-0.15, -0.1) is 0 Å². The van der Waals surface area contributed by atoms with Gasteiger partial charge in [-0.25, -0.2) is 14.7 Å². The van der Waals surface area contributed by atoms with E-state index < -0.39 is 0 Å². The van der Waals surface area contributed by atoms with Crippen molar-refractivity contribution in [1.82, 2.24) is 25.4 Å². The first-order valence-corrected chi connectivity index (χ1v) is 9.52. The lowest BCUT2D eigenvalue weighted by atomic mass is 10.2. The van der Waals surface area contributed by atoms with E-state index in [0.717, 1.165) is 35.4 Å². The number of ether oxygens (including phenoxy) is 2. The van der Waals surface area contributed by atoms with Crippen LogP contribution < -0.4 is 20.1 Å². The van der Waals surface area contributed by atoms with E-state index in [-0.39, 0.29) is 0 Å². The van der Waals surface area contributed by atoms with Gasteiger partial charge in [0, 0.05) is 25.1 Å². The van der Waals surface area contributed by atoms with Crippen molar-refractivity contribution in [1.29, 1.82) is 0 Å². The molecular weight excluding hydrogens is 368 g/mol. The van der Waals surface area contributed by atoms with E-state index in [1.165, 1.54) is 0 Å². The fourth-order valence-corrected chi connectivity index (χ4v) is 2.61. The topological polar surface area (TPSA) is 85.6 Å². The van der Waals surface area contributed by atoms with Gasteiger partial charge in [0.2, 0.25) is 0 Å². The predicted molar refractivity (Wildman–Crippen MR) is 113 cm³/mol. The third kappa shape index (κ3) is 6.24. The Balaban J connectivity index is 1.51. The van der Waals surface area contributed by atoms with E-state index in [1.54, 1.807) is 24.2 Å². The fraction of sp³-hybridized carbons (Fsp3) is 0.286. The number of guanidine groups is 1. The van der Waals surface area contributed by atoms with E-state index in [1.807, 2.05) is 55.6 Å². The van der Waals surface area contributed by atoms with Crippen LogP contribution in [-0.2, 0) is 6.54 Å². The molecule has 0 saturated heterocycles. The Morgan fingerprint density at radius 2 is 1.93 bits per heavy atom. The Labute approximate surface area is 170 Å². The lowest BCUT2D eigenvalue weighted by Crippen LogP contribution is -2.39. The molecule has 0 aliphatic carbocycles.